The maximum Gasteiger partial charge on any atom is 0.254 e. The number of carbonyl (C=O) groups excluding carboxylic acids is 1. The second kappa shape index (κ2) is 6.84. The fourth-order valence-electron chi connectivity index (χ4n) is 2.52. The molecule has 1 aromatic rings. The van der Waals surface area contributed by atoms with Gasteiger partial charge in [0.05, 0.1) is 14.2 Å². The lowest BCUT2D eigenvalue weighted by Gasteiger charge is -2.17. The summed E-state index contributed by atoms with van der Waals surface area (Å²) < 4.78 is 10.4. The molecule has 1 unspecified atom stereocenters. The molecular weight excluding hydrogens is 278 g/mol. The molecule has 1 fully saturated rings. The Morgan fingerprint density at radius 2 is 1.95 bits per heavy atom. The SMILES string of the molecule is COc1cc(OC)cc(C(=O)N2CCC(CCCl)C2)c1. The monoisotopic (exact) mass is 297 g/mol. The van der Waals surface area contributed by atoms with E-state index in [1.54, 1.807) is 32.4 Å². The van der Waals surface area contributed by atoms with E-state index in [0.29, 0.717) is 28.9 Å². The van der Waals surface area contributed by atoms with Crippen molar-refractivity contribution in [3.05, 3.63) is 23.8 Å². The predicted octanol–water partition coefficient (Wildman–Crippen LogP) is 2.79. The molecule has 5 heteroatoms. The molecule has 110 valence electrons. The van der Waals surface area contributed by atoms with Gasteiger partial charge in [0, 0.05) is 30.6 Å². The minimum atomic E-state index is 0.0271. The summed E-state index contributed by atoms with van der Waals surface area (Å²) in [5.74, 6) is 2.45. The molecule has 0 bridgehead atoms. The van der Waals surface area contributed by atoms with E-state index in [9.17, 15) is 4.79 Å². The molecule has 4 nitrogen and oxygen atoms in total. The zero-order valence-electron chi connectivity index (χ0n) is 11.9. The third kappa shape index (κ3) is 3.37. The maximum atomic E-state index is 12.5. The van der Waals surface area contributed by atoms with Crippen LogP contribution in [-0.4, -0.2) is 44.0 Å². The Bertz CT molecular complexity index is 456. The van der Waals surface area contributed by atoms with Gasteiger partial charge in [-0.3, -0.25) is 4.79 Å². The van der Waals surface area contributed by atoms with Crippen LogP contribution in [0.1, 0.15) is 23.2 Å². The second-order valence-corrected chi connectivity index (χ2v) is 5.36. The van der Waals surface area contributed by atoms with Crippen molar-refractivity contribution in [2.45, 2.75) is 12.8 Å². The van der Waals surface area contributed by atoms with Crippen molar-refractivity contribution in [3.63, 3.8) is 0 Å². The average molecular weight is 298 g/mol. The van der Waals surface area contributed by atoms with Crippen molar-refractivity contribution >= 4 is 17.5 Å². The minimum absolute atomic E-state index is 0.0271. The van der Waals surface area contributed by atoms with E-state index in [-0.39, 0.29) is 5.91 Å². The first-order chi connectivity index (χ1) is 9.67. The topological polar surface area (TPSA) is 38.8 Å². The van der Waals surface area contributed by atoms with Gasteiger partial charge < -0.3 is 14.4 Å². The van der Waals surface area contributed by atoms with Crippen LogP contribution in [0, 0.1) is 5.92 Å². The van der Waals surface area contributed by atoms with Crippen LogP contribution < -0.4 is 9.47 Å². The number of carbonyl (C=O) groups is 1. The van der Waals surface area contributed by atoms with Crippen molar-refractivity contribution in [1.82, 2.24) is 4.90 Å². The highest BCUT2D eigenvalue weighted by molar-refractivity contribution is 6.17. The lowest BCUT2D eigenvalue weighted by molar-refractivity contribution is 0.0786. The maximum absolute atomic E-state index is 12.5. The fourth-order valence-corrected chi connectivity index (χ4v) is 2.83. The van der Waals surface area contributed by atoms with Crippen molar-refractivity contribution < 1.29 is 14.3 Å². The van der Waals surface area contributed by atoms with Gasteiger partial charge in [0.1, 0.15) is 11.5 Å². The molecule has 1 atom stereocenters. The number of ether oxygens (including phenoxy) is 2. The van der Waals surface area contributed by atoms with E-state index in [2.05, 4.69) is 0 Å². The van der Waals surface area contributed by atoms with Gasteiger partial charge >= 0.3 is 0 Å². The number of rotatable bonds is 5. The molecule has 0 N–H and O–H groups in total. The third-order valence-electron chi connectivity index (χ3n) is 3.69. The van der Waals surface area contributed by atoms with Gasteiger partial charge in [-0.2, -0.15) is 0 Å². The summed E-state index contributed by atoms with van der Waals surface area (Å²) in [6.07, 6.45) is 1.99. The summed E-state index contributed by atoms with van der Waals surface area (Å²) >= 11 is 5.77. The van der Waals surface area contributed by atoms with E-state index in [1.165, 1.54) is 0 Å². The molecular formula is C15H20ClNO3. The smallest absolute Gasteiger partial charge is 0.254 e. The van der Waals surface area contributed by atoms with Crippen molar-refractivity contribution in [1.29, 1.82) is 0 Å². The standard InChI is InChI=1S/C15H20ClNO3/c1-19-13-7-12(8-14(9-13)20-2)15(18)17-6-4-11(10-17)3-5-16/h7-9,11H,3-6,10H2,1-2H3. The molecule has 0 aliphatic carbocycles. The lowest BCUT2D eigenvalue weighted by Crippen LogP contribution is -2.28. The number of hydrogen-bond donors (Lipinski definition) is 0. The molecule has 1 amide bonds. The van der Waals surface area contributed by atoms with Gasteiger partial charge in [-0.15, -0.1) is 11.6 Å². The number of likely N-dealkylation sites (tertiary alicyclic amines) is 1. The van der Waals surface area contributed by atoms with Crippen LogP contribution in [0.4, 0.5) is 0 Å². The summed E-state index contributed by atoms with van der Waals surface area (Å²) in [4.78, 5) is 14.4. The first-order valence-corrected chi connectivity index (χ1v) is 7.29. The van der Waals surface area contributed by atoms with Gasteiger partial charge in [0.25, 0.3) is 5.91 Å². The number of nitrogens with zero attached hydrogens (tertiary/aromatic N) is 1. The quantitative estimate of drug-likeness (QED) is 0.785. The Balaban J connectivity index is 2.13. The van der Waals surface area contributed by atoms with Crippen LogP contribution in [0.15, 0.2) is 18.2 Å². The molecule has 2 rings (SSSR count). The first-order valence-electron chi connectivity index (χ1n) is 6.76. The Hall–Kier alpha value is -1.42. The van der Waals surface area contributed by atoms with Crippen LogP contribution >= 0.6 is 11.6 Å². The largest absolute Gasteiger partial charge is 0.497 e. The van der Waals surface area contributed by atoms with Crippen molar-refractivity contribution in [3.8, 4) is 11.5 Å². The van der Waals surface area contributed by atoms with Crippen LogP contribution in [0.5, 0.6) is 11.5 Å². The van der Waals surface area contributed by atoms with E-state index in [1.807, 2.05) is 4.90 Å². The summed E-state index contributed by atoms with van der Waals surface area (Å²) in [5.41, 5.74) is 0.604. The molecule has 1 aromatic carbocycles. The third-order valence-corrected chi connectivity index (χ3v) is 3.91. The van der Waals surface area contributed by atoms with Gasteiger partial charge in [-0.1, -0.05) is 0 Å². The molecule has 0 radical (unpaired) electrons. The van der Waals surface area contributed by atoms with Gasteiger partial charge in [0.15, 0.2) is 0 Å². The highest BCUT2D eigenvalue weighted by Crippen LogP contribution is 2.26. The molecule has 0 saturated carbocycles. The summed E-state index contributed by atoms with van der Waals surface area (Å²) in [6.45, 7) is 1.57. The highest BCUT2D eigenvalue weighted by Gasteiger charge is 2.27. The van der Waals surface area contributed by atoms with Crippen LogP contribution in [0.3, 0.4) is 0 Å². The highest BCUT2D eigenvalue weighted by atomic mass is 35.5. The molecule has 1 aliphatic rings. The second-order valence-electron chi connectivity index (χ2n) is 4.98. The van der Waals surface area contributed by atoms with Gasteiger partial charge in [-0.05, 0) is 30.9 Å². The molecule has 1 aliphatic heterocycles. The predicted molar refractivity (Wildman–Crippen MR) is 78.9 cm³/mol. The minimum Gasteiger partial charge on any atom is -0.497 e. The Kier molecular flexibility index (Phi) is 5.12. The van der Waals surface area contributed by atoms with Gasteiger partial charge in [0.2, 0.25) is 0 Å². The number of benzene rings is 1. The number of amides is 1. The molecule has 20 heavy (non-hydrogen) atoms. The molecule has 1 saturated heterocycles. The Morgan fingerprint density at radius 3 is 2.50 bits per heavy atom. The van der Waals surface area contributed by atoms with Crippen LogP contribution in [-0.2, 0) is 0 Å². The van der Waals surface area contributed by atoms with E-state index in [0.717, 1.165) is 25.9 Å². The number of halogens is 1. The average Bonchev–Trinajstić information content (AvgIpc) is 2.94. The van der Waals surface area contributed by atoms with Gasteiger partial charge in [-0.25, -0.2) is 0 Å². The summed E-state index contributed by atoms with van der Waals surface area (Å²) in [6, 6.07) is 5.26. The number of methoxy groups -OCH3 is 2. The molecule has 0 aromatic heterocycles. The van der Waals surface area contributed by atoms with Crippen LogP contribution in [0.2, 0.25) is 0 Å². The molecule has 1 heterocycles. The summed E-state index contributed by atoms with van der Waals surface area (Å²) in [7, 11) is 3.16. The number of hydrogen-bond acceptors (Lipinski definition) is 3. The normalized spacial score (nSPS) is 18.1. The van der Waals surface area contributed by atoms with E-state index < -0.39 is 0 Å². The molecule has 0 spiro atoms. The Morgan fingerprint density at radius 1 is 1.30 bits per heavy atom. The van der Waals surface area contributed by atoms with E-state index in [4.69, 9.17) is 21.1 Å². The van der Waals surface area contributed by atoms with Crippen molar-refractivity contribution in [2.75, 3.05) is 33.2 Å². The first kappa shape index (κ1) is 15.0. The fraction of sp³-hybridized carbons (Fsp3) is 0.533. The Labute approximate surface area is 124 Å². The van der Waals surface area contributed by atoms with Crippen LogP contribution in [0.25, 0.3) is 0 Å². The lowest BCUT2D eigenvalue weighted by atomic mass is 10.1. The van der Waals surface area contributed by atoms with E-state index >= 15 is 0 Å². The zero-order valence-corrected chi connectivity index (χ0v) is 12.7. The zero-order chi connectivity index (χ0) is 14.5. The van der Waals surface area contributed by atoms with Crippen molar-refractivity contribution in [2.24, 2.45) is 5.92 Å². The number of alkyl halides is 1. The summed E-state index contributed by atoms with van der Waals surface area (Å²) in [5, 5.41) is 0.